The quantitative estimate of drug-likeness (QED) is 0.371. The fourth-order valence-electron chi connectivity index (χ4n) is 0.419. The van der Waals surface area contributed by atoms with Crippen LogP contribution in [0.4, 0.5) is 0 Å². The van der Waals surface area contributed by atoms with Crippen molar-refractivity contribution in [1.82, 2.24) is 5.32 Å². The Balaban J connectivity index is 3.97. The first-order valence-corrected chi connectivity index (χ1v) is 2.97. The molecule has 60 valence electrons. The summed E-state index contributed by atoms with van der Waals surface area (Å²) in [6.45, 7) is 10.4. The van der Waals surface area contributed by atoms with Crippen LogP contribution in [0.25, 0.3) is 0 Å². The van der Waals surface area contributed by atoms with Gasteiger partial charge < -0.3 is 10.1 Å². The van der Waals surface area contributed by atoms with E-state index in [1.165, 1.54) is 13.2 Å². The van der Waals surface area contributed by atoms with Gasteiger partial charge in [-0.3, -0.25) is 0 Å². The van der Waals surface area contributed by atoms with E-state index in [2.05, 4.69) is 29.8 Å². The third-order valence-corrected chi connectivity index (χ3v) is 0.990. The Morgan fingerprint density at radius 3 is 2.45 bits per heavy atom. The largest absolute Gasteiger partial charge is 0.464 e. The Hall–Kier alpha value is -1.51. The molecular weight excluding hydrogens is 142 g/mol. The van der Waals surface area contributed by atoms with E-state index in [-0.39, 0.29) is 5.70 Å². The average molecular weight is 153 g/mol. The van der Waals surface area contributed by atoms with E-state index in [1.807, 2.05) is 0 Å². The number of ether oxygens (including phenoxy) is 1. The number of hydrogen-bond acceptors (Lipinski definition) is 3. The highest BCUT2D eigenvalue weighted by molar-refractivity contribution is 5.87. The van der Waals surface area contributed by atoms with E-state index < -0.39 is 5.97 Å². The Labute approximate surface area is 66.0 Å². The van der Waals surface area contributed by atoms with Gasteiger partial charge in [0, 0.05) is 5.70 Å². The molecule has 11 heavy (non-hydrogen) atoms. The molecule has 0 aliphatic heterocycles. The van der Waals surface area contributed by atoms with E-state index in [0.29, 0.717) is 5.70 Å². The normalized spacial score (nSPS) is 8.09. The maximum Gasteiger partial charge on any atom is 0.353 e. The number of carbonyl (C=O) groups excluding carboxylic acids is 1. The van der Waals surface area contributed by atoms with Crippen molar-refractivity contribution in [3.05, 3.63) is 37.2 Å². The first-order valence-electron chi connectivity index (χ1n) is 2.97. The van der Waals surface area contributed by atoms with Crippen molar-refractivity contribution in [3.63, 3.8) is 0 Å². The summed E-state index contributed by atoms with van der Waals surface area (Å²) in [6, 6.07) is 0. The molecule has 0 fully saturated rings. The fourth-order valence-corrected chi connectivity index (χ4v) is 0.419. The number of carbonyl (C=O) groups is 1. The molecule has 1 N–H and O–H groups in total. The monoisotopic (exact) mass is 153 g/mol. The summed E-state index contributed by atoms with van der Waals surface area (Å²) < 4.78 is 4.38. The molecule has 0 amide bonds. The van der Waals surface area contributed by atoms with Crippen LogP contribution in [0.2, 0.25) is 0 Å². The highest BCUT2D eigenvalue weighted by atomic mass is 16.5. The third-order valence-electron chi connectivity index (χ3n) is 0.990. The smallest absolute Gasteiger partial charge is 0.353 e. The average Bonchev–Trinajstić information content (AvgIpc) is 2.02. The van der Waals surface area contributed by atoms with Crippen molar-refractivity contribution in [1.29, 1.82) is 0 Å². The maximum absolute atomic E-state index is 10.7. The zero-order valence-electron chi connectivity index (χ0n) is 6.52. The zero-order chi connectivity index (χ0) is 8.85. The van der Waals surface area contributed by atoms with Crippen molar-refractivity contribution < 1.29 is 9.53 Å². The SMILES string of the molecule is C=CC(=C)NC(=C)C(=O)OC. The third kappa shape index (κ3) is 3.25. The van der Waals surface area contributed by atoms with Gasteiger partial charge in [-0.05, 0) is 6.08 Å². The van der Waals surface area contributed by atoms with Crippen molar-refractivity contribution >= 4 is 5.97 Å². The van der Waals surface area contributed by atoms with Crippen LogP contribution in [0.5, 0.6) is 0 Å². The van der Waals surface area contributed by atoms with Crippen LogP contribution < -0.4 is 5.32 Å². The van der Waals surface area contributed by atoms with Gasteiger partial charge in [-0.25, -0.2) is 4.79 Å². The summed E-state index contributed by atoms with van der Waals surface area (Å²) in [5.41, 5.74) is 0.665. The maximum atomic E-state index is 10.7. The molecule has 0 spiro atoms. The summed E-state index contributed by atoms with van der Waals surface area (Å²) >= 11 is 0. The standard InChI is InChI=1S/C8H11NO2/c1-5-6(2)9-7(3)8(10)11-4/h5,9H,1-3H2,4H3. The number of allylic oxidation sites excluding steroid dienone is 1. The van der Waals surface area contributed by atoms with Gasteiger partial charge in [0.2, 0.25) is 0 Å². The van der Waals surface area contributed by atoms with Crippen LogP contribution in [0.1, 0.15) is 0 Å². The van der Waals surface area contributed by atoms with Crippen molar-refractivity contribution in [3.8, 4) is 0 Å². The molecule has 3 nitrogen and oxygen atoms in total. The van der Waals surface area contributed by atoms with Gasteiger partial charge >= 0.3 is 5.97 Å². The second kappa shape index (κ2) is 4.33. The molecule has 0 aromatic rings. The van der Waals surface area contributed by atoms with Crippen LogP contribution in [0.15, 0.2) is 37.2 Å². The molecule has 0 bridgehead atoms. The molecule has 0 aliphatic rings. The molecule has 0 saturated carbocycles. The molecule has 3 heteroatoms. The molecular formula is C8H11NO2. The van der Waals surface area contributed by atoms with E-state index in [9.17, 15) is 4.79 Å². The molecule has 0 unspecified atom stereocenters. The van der Waals surface area contributed by atoms with Crippen LogP contribution in [0, 0.1) is 0 Å². The Bertz CT molecular complexity index is 206. The Kier molecular flexibility index (Phi) is 3.73. The summed E-state index contributed by atoms with van der Waals surface area (Å²) in [5, 5.41) is 2.60. The van der Waals surface area contributed by atoms with Gasteiger partial charge in [-0.15, -0.1) is 0 Å². The number of methoxy groups -OCH3 is 1. The number of rotatable bonds is 4. The second-order valence-corrected chi connectivity index (χ2v) is 1.82. The fraction of sp³-hybridized carbons (Fsp3) is 0.125. The lowest BCUT2D eigenvalue weighted by Crippen LogP contribution is -2.18. The van der Waals surface area contributed by atoms with Crippen molar-refractivity contribution in [2.45, 2.75) is 0 Å². The van der Waals surface area contributed by atoms with Gasteiger partial charge in [-0.1, -0.05) is 19.7 Å². The highest BCUT2D eigenvalue weighted by Gasteiger charge is 2.04. The van der Waals surface area contributed by atoms with Gasteiger partial charge in [0.05, 0.1) is 7.11 Å². The van der Waals surface area contributed by atoms with E-state index in [1.54, 1.807) is 0 Å². The summed E-state index contributed by atoms with van der Waals surface area (Å²) in [5.74, 6) is -0.506. The van der Waals surface area contributed by atoms with Gasteiger partial charge in [0.25, 0.3) is 0 Å². The van der Waals surface area contributed by atoms with Crippen molar-refractivity contribution in [2.24, 2.45) is 0 Å². The highest BCUT2D eigenvalue weighted by Crippen LogP contribution is 1.93. The lowest BCUT2D eigenvalue weighted by Gasteiger charge is -2.05. The van der Waals surface area contributed by atoms with Gasteiger partial charge in [0.15, 0.2) is 0 Å². The molecule has 0 aliphatic carbocycles. The van der Waals surface area contributed by atoms with E-state index in [0.717, 1.165) is 0 Å². The number of hydrogen-bond donors (Lipinski definition) is 1. The summed E-state index contributed by atoms with van der Waals surface area (Å²) in [7, 11) is 1.28. The topological polar surface area (TPSA) is 38.3 Å². The number of esters is 1. The minimum Gasteiger partial charge on any atom is -0.464 e. The predicted octanol–water partition coefficient (Wildman–Crippen LogP) is 0.962. The predicted molar refractivity (Wildman–Crippen MR) is 43.6 cm³/mol. The van der Waals surface area contributed by atoms with E-state index >= 15 is 0 Å². The second-order valence-electron chi connectivity index (χ2n) is 1.82. The molecule has 0 heterocycles. The molecule has 0 aromatic carbocycles. The van der Waals surface area contributed by atoms with Crippen LogP contribution in [-0.2, 0) is 9.53 Å². The molecule has 0 saturated heterocycles. The molecule has 0 aromatic heterocycles. The summed E-state index contributed by atoms with van der Waals surface area (Å²) in [4.78, 5) is 10.7. The van der Waals surface area contributed by atoms with E-state index in [4.69, 9.17) is 0 Å². The first-order chi connectivity index (χ1) is 5.11. The molecule has 0 radical (unpaired) electrons. The minimum atomic E-state index is -0.506. The van der Waals surface area contributed by atoms with Crippen LogP contribution >= 0.6 is 0 Å². The Morgan fingerprint density at radius 1 is 1.55 bits per heavy atom. The summed E-state index contributed by atoms with van der Waals surface area (Å²) in [6.07, 6.45) is 1.48. The first kappa shape index (κ1) is 9.49. The lowest BCUT2D eigenvalue weighted by molar-refractivity contribution is -0.136. The molecule has 0 rings (SSSR count). The van der Waals surface area contributed by atoms with Crippen LogP contribution in [-0.4, -0.2) is 13.1 Å². The van der Waals surface area contributed by atoms with Crippen molar-refractivity contribution in [2.75, 3.05) is 7.11 Å². The Morgan fingerprint density at radius 2 is 2.09 bits per heavy atom. The minimum absolute atomic E-state index is 0.150. The van der Waals surface area contributed by atoms with Crippen LogP contribution in [0.3, 0.4) is 0 Å². The number of nitrogens with one attached hydrogen (secondary N) is 1. The zero-order valence-corrected chi connectivity index (χ0v) is 6.52. The molecule has 0 atom stereocenters. The lowest BCUT2D eigenvalue weighted by atomic mass is 10.4. The van der Waals surface area contributed by atoms with Gasteiger partial charge in [-0.2, -0.15) is 0 Å². The van der Waals surface area contributed by atoms with Gasteiger partial charge in [0.1, 0.15) is 5.70 Å².